The molecular weight excluding hydrogens is 204 g/mol. The zero-order valence-corrected chi connectivity index (χ0v) is 8.58. The van der Waals surface area contributed by atoms with Crippen molar-refractivity contribution in [2.75, 3.05) is 0 Å². The number of benzene rings is 1. The number of fused-ring (bicyclic) bond motifs is 4. The molecule has 0 bridgehead atoms. The van der Waals surface area contributed by atoms with Gasteiger partial charge in [0.1, 0.15) is 0 Å². The number of hydrogen-bond acceptors (Lipinski definition) is 3. The van der Waals surface area contributed by atoms with E-state index in [1.54, 1.807) is 11.3 Å². The van der Waals surface area contributed by atoms with E-state index < -0.39 is 0 Å². The molecular formula is C12H6N2S. The van der Waals surface area contributed by atoms with Crippen molar-refractivity contribution in [3.05, 3.63) is 52.1 Å². The molecule has 0 fully saturated rings. The highest BCUT2D eigenvalue weighted by Gasteiger charge is 2.15. The molecule has 0 atom stereocenters. The van der Waals surface area contributed by atoms with E-state index in [1.807, 2.05) is 17.7 Å². The van der Waals surface area contributed by atoms with Crippen LogP contribution in [0.4, 0.5) is 0 Å². The van der Waals surface area contributed by atoms with E-state index in [4.69, 9.17) is 0 Å². The molecule has 0 saturated heterocycles. The fourth-order valence-electron chi connectivity index (χ4n) is 2.13. The molecule has 0 N–H and O–H groups in total. The summed E-state index contributed by atoms with van der Waals surface area (Å²) in [5.41, 5.74) is 5.28. The van der Waals surface area contributed by atoms with Gasteiger partial charge in [-0.1, -0.05) is 12.2 Å². The molecule has 2 aliphatic rings. The first-order chi connectivity index (χ1) is 7.43. The monoisotopic (exact) mass is 210 g/mol. The van der Waals surface area contributed by atoms with Crippen molar-refractivity contribution in [3.8, 4) is 0 Å². The molecule has 1 aromatic carbocycles. The molecule has 0 saturated carbocycles. The minimum atomic E-state index is 1.05. The van der Waals surface area contributed by atoms with Gasteiger partial charge in [0, 0.05) is 10.8 Å². The van der Waals surface area contributed by atoms with E-state index in [-0.39, 0.29) is 0 Å². The summed E-state index contributed by atoms with van der Waals surface area (Å²) >= 11 is 1.68. The predicted molar refractivity (Wildman–Crippen MR) is 61.0 cm³/mol. The van der Waals surface area contributed by atoms with Gasteiger partial charge >= 0.3 is 0 Å². The lowest BCUT2D eigenvalue weighted by Crippen LogP contribution is -2.23. The van der Waals surface area contributed by atoms with Crippen LogP contribution in [0.2, 0.25) is 0 Å². The Morgan fingerprint density at radius 3 is 3.20 bits per heavy atom. The Bertz CT molecular complexity index is 763. The van der Waals surface area contributed by atoms with Gasteiger partial charge in [-0.15, -0.1) is 11.3 Å². The van der Waals surface area contributed by atoms with Crippen molar-refractivity contribution >= 4 is 27.1 Å². The molecule has 0 unspecified atom stereocenters. The lowest BCUT2D eigenvalue weighted by atomic mass is 10.1. The van der Waals surface area contributed by atoms with Gasteiger partial charge in [-0.25, -0.2) is 9.98 Å². The average molecular weight is 210 g/mol. The number of rotatable bonds is 0. The van der Waals surface area contributed by atoms with E-state index >= 15 is 0 Å². The first-order valence-corrected chi connectivity index (χ1v) is 5.65. The van der Waals surface area contributed by atoms with Gasteiger partial charge in [0.2, 0.25) is 0 Å². The summed E-state index contributed by atoms with van der Waals surface area (Å²) in [5.74, 6) is 0. The minimum Gasteiger partial charge on any atom is -0.248 e. The number of allylic oxidation sites excluding steroid dienone is 3. The molecule has 1 aromatic heterocycles. The van der Waals surface area contributed by atoms with Crippen molar-refractivity contribution in [2.45, 2.75) is 0 Å². The highest BCUT2D eigenvalue weighted by atomic mass is 32.1. The van der Waals surface area contributed by atoms with Gasteiger partial charge in [-0.2, -0.15) is 0 Å². The topological polar surface area (TPSA) is 25.2 Å². The smallest absolute Gasteiger partial charge is 0.0912 e. The standard InChI is InChI=1S/C12H6N2S/c1-2-7-8(3-1)14-9-4-5-10-12(11(7)9)13-6-15-10/h1-6H. The van der Waals surface area contributed by atoms with E-state index in [9.17, 15) is 0 Å². The molecule has 2 aromatic rings. The van der Waals surface area contributed by atoms with Crippen LogP contribution in [0.3, 0.4) is 0 Å². The van der Waals surface area contributed by atoms with Crippen LogP contribution in [0.15, 0.2) is 46.6 Å². The SMILES string of the molecule is C1=CC2=c3c(ccc4scnc34)=NC2=C1. The molecule has 1 aliphatic carbocycles. The van der Waals surface area contributed by atoms with Crippen LogP contribution in [-0.2, 0) is 0 Å². The largest absolute Gasteiger partial charge is 0.248 e. The number of aromatic nitrogens is 1. The molecule has 0 spiro atoms. The van der Waals surface area contributed by atoms with Gasteiger partial charge in [0.15, 0.2) is 0 Å². The molecule has 4 rings (SSSR count). The fraction of sp³-hybridized carbons (Fsp3) is 0. The molecule has 2 heterocycles. The first kappa shape index (κ1) is 7.54. The molecule has 15 heavy (non-hydrogen) atoms. The second-order valence-electron chi connectivity index (χ2n) is 3.60. The maximum absolute atomic E-state index is 4.57. The maximum Gasteiger partial charge on any atom is 0.0912 e. The van der Waals surface area contributed by atoms with Crippen LogP contribution in [0.5, 0.6) is 0 Å². The van der Waals surface area contributed by atoms with Crippen LogP contribution in [0.1, 0.15) is 0 Å². The van der Waals surface area contributed by atoms with Crippen molar-refractivity contribution in [1.82, 2.24) is 4.98 Å². The predicted octanol–water partition coefficient (Wildman–Crippen LogP) is 1.53. The molecule has 70 valence electrons. The summed E-state index contributed by atoms with van der Waals surface area (Å²) in [4.78, 5) is 9.00. The summed E-state index contributed by atoms with van der Waals surface area (Å²) in [6, 6.07) is 4.18. The van der Waals surface area contributed by atoms with Gasteiger partial charge in [-0.3, -0.25) is 0 Å². The van der Waals surface area contributed by atoms with Crippen LogP contribution in [-0.4, -0.2) is 4.98 Å². The highest BCUT2D eigenvalue weighted by molar-refractivity contribution is 7.16. The second-order valence-corrected chi connectivity index (χ2v) is 4.48. The third-order valence-electron chi connectivity index (χ3n) is 2.78. The Hall–Kier alpha value is -1.74. The Morgan fingerprint density at radius 1 is 1.20 bits per heavy atom. The first-order valence-electron chi connectivity index (χ1n) is 4.77. The molecule has 3 heteroatoms. The lowest BCUT2D eigenvalue weighted by Gasteiger charge is -1.90. The lowest BCUT2D eigenvalue weighted by molar-refractivity contribution is 1.32. The maximum atomic E-state index is 4.57. The Morgan fingerprint density at radius 2 is 2.20 bits per heavy atom. The third-order valence-corrected chi connectivity index (χ3v) is 3.58. The van der Waals surface area contributed by atoms with Crippen molar-refractivity contribution in [3.63, 3.8) is 0 Å². The Kier molecular flexibility index (Phi) is 1.22. The summed E-state index contributed by atoms with van der Waals surface area (Å²) in [5, 5.41) is 2.26. The van der Waals surface area contributed by atoms with E-state index in [2.05, 4.69) is 28.2 Å². The second kappa shape index (κ2) is 2.44. The Labute approximate surface area is 89.6 Å². The third kappa shape index (κ3) is 0.837. The van der Waals surface area contributed by atoms with Crippen LogP contribution in [0, 0.1) is 0 Å². The minimum absolute atomic E-state index is 1.05. The zero-order chi connectivity index (χ0) is 9.83. The van der Waals surface area contributed by atoms with Gasteiger partial charge in [0.05, 0.1) is 26.8 Å². The zero-order valence-electron chi connectivity index (χ0n) is 7.77. The molecule has 2 nitrogen and oxygen atoms in total. The van der Waals surface area contributed by atoms with E-state index in [0.717, 1.165) is 16.6 Å². The Balaban J connectivity index is 2.42. The van der Waals surface area contributed by atoms with Gasteiger partial charge in [-0.05, 0) is 18.2 Å². The van der Waals surface area contributed by atoms with Crippen LogP contribution < -0.4 is 10.6 Å². The van der Waals surface area contributed by atoms with Gasteiger partial charge < -0.3 is 0 Å². The average Bonchev–Trinajstić information content (AvgIpc) is 2.89. The van der Waals surface area contributed by atoms with Crippen LogP contribution >= 0.6 is 11.3 Å². The van der Waals surface area contributed by atoms with Crippen molar-refractivity contribution in [2.24, 2.45) is 4.99 Å². The number of thiazole rings is 1. The van der Waals surface area contributed by atoms with Gasteiger partial charge in [0.25, 0.3) is 0 Å². The molecule has 0 amide bonds. The summed E-state index contributed by atoms with van der Waals surface area (Å²) in [6.07, 6.45) is 6.21. The quantitative estimate of drug-likeness (QED) is 0.647. The highest BCUT2D eigenvalue weighted by Crippen LogP contribution is 2.23. The molecule has 1 aliphatic heterocycles. The summed E-state index contributed by atoms with van der Waals surface area (Å²) in [7, 11) is 0. The normalized spacial score (nSPS) is 16.5. The van der Waals surface area contributed by atoms with Crippen LogP contribution in [0.25, 0.3) is 15.8 Å². The van der Waals surface area contributed by atoms with E-state index in [0.29, 0.717) is 0 Å². The number of hydrogen-bond donors (Lipinski definition) is 0. The summed E-state index contributed by atoms with van der Waals surface area (Å²) in [6.45, 7) is 0. The number of nitrogens with zero attached hydrogens (tertiary/aromatic N) is 2. The van der Waals surface area contributed by atoms with E-state index in [1.165, 1.54) is 15.5 Å². The van der Waals surface area contributed by atoms with Crippen molar-refractivity contribution < 1.29 is 0 Å². The van der Waals surface area contributed by atoms with Crippen molar-refractivity contribution in [1.29, 1.82) is 0 Å². The molecule has 0 radical (unpaired) electrons. The fourth-order valence-corrected chi connectivity index (χ4v) is 2.81. The summed E-state index contributed by atoms with van der Waals surface area (Å²) < 4.78 is 1.23.